The van der Waals surface area contributed by atoms with Crippen molar-refractivity contribution in [1.29, 1.82) is 0 Å². The highest BCUT2D eigenvalue weighted by molar-refractivity contribution is 6.07. The Balaban J connectivity index is 0.000000204. The Morgan fingerprint density at radius 2 is 1.34 bits per heavy atom. The van der Waals surface area contributed by atoms with Crippen LogP contribution in [0.3, 0.4) is 0 Å². The molecule has 3 nitrogen and oxygen atoms in total. The van der Waals surface area contributed by atoms with Crippen molar-refractivity contribution >= 4 is 27.6 Å². The minimum atomic E-state index is -0.409. The fraction of sp³-hybridized carbons (Fsp3) is 0.125. The van der Waals surface area contributed by atoms with Gasteiger partial charge < -0.3 is 14.2 Å². The topological polar surface area (TPSA) is 27.7 Å². The van der Waals surface area contributed by atoms with Crippen molar-refractivity contribution in [3.63, 3.8) is 0 Å². The minimum absolute atomic E-state index is 0.00859. The van der Waals surface area contributed by atoms with Crippen molar-refractivity contribution in [1.82, 2.24) is 0 Å². The first-order valence-electron chi connectivity index (χ1n) is 15.3. The zero-order chi connectivity index (χ0) is 32.3. The molecule has 0 atom stereocenters. The lowest BCUT2D eigenvalue weighted by Crippen LogP contribution is -1.88. The Morgan fingerprint density at radius 3 is 2.11 bits per heavy atom. The Kier molecular flexibility index (Phi) is 5.09. The van der Waals surface area contributed by atoms with Gasteiger partial charge in [0, 0.05) is 7.11 Å². The molecule has 5 rings (SSSR count). The van der Waals surface area contributed by atoms with Gasteiger partial charge in [-0.25, -0.2) is 0 Å². The molecule has 0 aliphatic carbocycles. The van der Waals surface area contributed by atoms with Gasteiger partial charge in [0.2, 0.25) is 0 Å². The van der Waals surface area contributed by atoms with Crippen LogP contribution in [0.1, 0.15) is 17.9 Å². The minimum Gasteiger partial charge on any atom is -0.497 e. The average molecular weight is 472 g/mol. The molecule has 3 heteroatoms. The third-order valence-electron chi connectivity index (χ3n) is 5.27. The van der Waals surface area contributed by atoms with Crippen molar-refractivity contribution in [3.8, 4) is 22.6 Å². The molecule has 0 radical (unpaired) electrons. The molecule has 5 aromatic rings. The van der Waals surface area contributed by atoms with Gasteiger partial charge in [-0.15, -0.1) is 0 Å². The predicted molar refractivity (Wildman–Crippen MR) is 147 cm³/mol. The third kappa shape index (κ3) is 5.89. The van der Waals surface area contributed by atoms with Gasteiger partial charge in [-0.2, -0.15) is 0 Å². The summed E-state index contributed by atoms with van der Waals surface area (Å²) in [7, 11) is 4.66. The second-order valence-electron chi connectivity index (χ2n) is 7.39. The lowest BCUT2D eigenvalue weighted by atomic mass is 9.99. The maximum absolute atomic E-state index is 8.15. The molecule has 0 aliphatic rings. The van der Waals surface area contributed by atoms with Crippen molar-refractivity contribution < 1.29 is 26.5 Å². The Morgan fingerprint density at radius 1 is 0.686 bits per heavy atom. The van der Waals surface area contributed by atoms with Gasteiger partial charge in [-0.05, 0) is 62.5 Å². The van der Waals surface area contributed by atoms with E-state index in [0.717, 1.165) is 10.8 Å². The van der Waals surface area contributed by atoms with Crippen molar-refractivity contribution in [2.75, 3.05) is 27.9 Å². The van der Waals surface area contributed by atoms with Crippen molar-refractivity contribution in [2.45, 2.75) is 0 Å². The number of methoxy groups -OCH3 is 3. The first kappa shape index (κ1) is 15.0. The van der Waals surface area contributed by atoms with Crippen LogP contribution >= 0.6 is 0 Å². The third-order valence-corrected chi connectivity index (χ3v) is 5.27. The molecule has 0 saturated heterocycles. The fourth-order valence-corrected chi connectivity index (χ4v) is 3.54. The molecule has 176 valence electrons. The zero-order valence-corrected chi connectivity index (χ0v) is 19.7. The molecule has 0 aliphatic heterocycles. The number of fused-ring (bicyclic) bond motifs is 3. The largest absolute Gasteiger partial charge is 0.497 e. The van der Waals surface area contributed by atoms with Crippen LogP contribution in [0.5, 0.6) is 11.5 Å². The summed E-state index contributed by atoms with van der Waals surface area (Å²) in [4.78, 5) is 0. The van der Waals surface area contributed by atoms with E-state index in [1.165, 1.54) is 7.11 Å². The Hall–Kier alpha value is -4.08. The first-order chi connectivity index (χ1) is 21.0. The van der Waals surface area contributed by atoms with E-state index in [1.54, 1.807) is 56.7 Å². The molecule has 5 aromatic carbocycles. The van der Waals surface area contributed by atoms with Gasteiger partial charge >= 0.3 is 0 Å². The first-order valence-corrected chi connectivity index (χ1v) is 10.8. The molecular formula is C32H30O3. The summed E-state index contributed by atoms with van der Waals surface area (Å²) in [5, 5.41) is 2.75. The number of hydrogen-bond donors (Lipinski definition) is 0. The van der Waals surface area contributed by atoms with Crippen LogP contribution in [0.15, 0.2) is 109 Å². The van der Waals surface area contributed by atoms with E-state index in [-0.39, 0.29) is 53.9 Å². The van der Waals surface area contributed by atoms with E-state index >= 15 is 0 Å². The number of benzene rings is 5. The normalized spacial score (nSPS) is 14.4. The molecule has 0 spiro atoms. The molecule has 0 aromatic heterocycles. The lowest BCUT2D eigenvalue weighted by Gasteiger charge is -2.09. The second kappa shape index (κ2) is 11.9. The van der Waals surface area contributed by atoms with E-state index in [2.05, 4.69) is 0 Å². The summed E-state index contributed by atoms with van der Waals surface area (Å²) in [5.74, 6) is 1.21. The SMILES string of the molecule is [2H]c1c([2H])c([2H])c(-c2cc(OC)ccc2/C=C/COC)c([2H])c1[2H].[2H]c1c([2H])c([2H])c2c(ccc3ccc(OC)cc32)c1[2H]. The van der Waals surface area contributed by atoms with E-state index in [0.29, 0.717) is 40.0 Å². The number of rotatable bonds is 6. The highest BCUT2D eigenvalue weighted by Crippen LogP contribution is 2.29. The standard InChI is InChI=1S/C17H18O2.C15H12O/c1-18-12-6-9-15-10-11-16(19-2)13-17(15)14-7-4-3-5-8-14;1-16-13-9-8-12-7-6-11-4-2-3-5-14(11)15(12)10-13/h3-11,13H,12H2,1-2H3;2-10H,1H3/b9-6+;/i3D,4D,5D,7D,8D;2D,3D,4D,5D. The Labute approximate surface area is 219 Å². The van der Waals surface area contributed by atoms with Crippen LogP contribution in [0, 0.1) is 0 Å². The molecule has 0 amide bonds. The molecule has 0 heterocycles. The lowest BCUT2D eigenvalue weighted by molar-refractivity contribution is 0.234. The summed E-state index contributed by atoms with van der Waals surface area (Å²) in [5.41, 5.74) is 1.38. The molecule has 0 N–H and O–H groups in total. The smallest absolute Gasteiger partial charge is 0.119 e. The summed E-state index contributed by atoms with van der Waals surface area (Å²) in [6, 6.07) is 12.3. The van der Waals surface area contributed by atoms with Gasteiger partial charge in [0.1, 0.15) is 11.5 Å². The predicted octanol–water partition coefficient (Wildman–Crippen LogP) is 8.02. The van der Waals surface area contributed by atoms with Crippen molar-refractivity contribution in [3.05, 3.63) is 115 Å². The van der Waals surface area contributed by atoms with Crippen LogP contribution in [0.4, 0.5) is 0 Å². The van der Waals surface area contributed by atoms with E-state index < -0.39 is 6.04 Å². The fourth-order valence-electron chi connectivity index (χ4n) is 3.54. The van der Waals surface area contributed by atoms with Crippen LogP contribution in [0.2, 0.25) is 0 Å². The average Bonchev–Trinajstić information content (AvgIpc) is 3.04. The van der Waals surface area contributed by atoms with Crippen molar-refractivity contribution in [2.24, 2.45) is 0 Å². The van der Waals surface area contributed by atoms with Gasteiger partial charge in [0.05, 0.1) is 33.2 Å². The Bertz CT molecular complexity index is 1880. The summed E-state index contributed by atoms with van der Waals surface area (Å²) in [6.07, 6.45) is 3.58. The van der Waals surface area contributed by atoms with Gasteiger partial charge in [0.25, 0.3) is 0 Å². The number of ether oxygens (including phenoxy) is 3. The molecule has 0 bridgehead atoms. The maximum atomic E-state index is 8.15. The summed E-state index contributed by atoms with van der Waals surface area (Å²) < 4.78 is 86.7. The van der Waals surface area contributed by atoms with Gasteiger partial charge in [0.15, 0.2) is 0 Å². The molecule has 0 unspecified atom stereocenters. The second-order valence-corrected chi connectivity index (χ2v) is 7.39. The van der Waals surface area contributed by atoms with E-state index in [9.17, 15) is 0 Å². The van der Waals surface area contributed by atoms with Gasteiger partial charge in [-0.1, -0.05) is 90.8 Å². The van der Waals surface area contributed by atoms with Crippen LogP contribution in [0.25, 0.3) is 38.7 Å². The summed E-state index contributed by atoms with van der Waals surface area (Å²) in [6.45, 7) is 0.409. The number of hydrogen-bond acceptors (Lipinski definition) is 3. The highest BCUT2D eigenvalue weighted by Gasteiger charge is 2.05. The van der Waals surface area contributed by atoms with E-state index in [4.69, 9.17) is 26.5 Å². The zero-order valence-electron chi connectivity index (χ0n) is 28.7. The maximum Gasteiger partial charge on any atom is 0.119 e. The molecule has 35 heavy (non-hydrogen) atoms. The van der Waals surface area contributed by atoms with Crippen LogP contribution in [-0.2, 0) is 4.74 Å². The molecule has 0 fully saturated rings. The molecule has 0 saturated carbocycles. The van der Waals surface area contributed by atoms with E-state index in [1.807, 2.05) is 18.2 Å². The summed E-state index contributed by atoms with van der Waals surface area (Å²) >= 11 is 0. The van der Waals surface area contributed by atoms with Gasteiger partial charge in [-0.3, -0.25) is 0 Å². The monoisotopic (exact) mass is 471 g/mol. The molecular weight excluding hydrogens is 432 g/mol. The quantitative estimate of drug-likeness (QED) is 0.235. The van der Waals surface area contributed by atoms with Crippen LogP contribution in [-0.4, -0.2) is 27.9 Å². The van der Waals surface area contributed by atoms with Crippen LogP contribution < -0.4 is 9.47 Å². The highest BCUT2D eigenvalue weighted by atomic mass is 16.5.